The predicted octanol–water partition coefficient (Wildman–Crippen LogP) is 6.01. The van der Waals surface area contributed by atoms with E-state index in [4.69, 9.17) is 0 Å². The molecular formula is C24H21FN4OS. The van der Waals surface area contributed by atoms with E-state index in [0.717, 1.165) is 40.1 Å². The Labute approximate surface area is 183 Å². The van der Waals surface area contributed by atoms with Crippen LogP contribution in [-0.4, -0.2) is 15.9 Å². The molecule has 2 aromatic heterocycles. The first-order valence-electron chi connectivity index (χ1n) is 10.3. The Bertz CT molecular complexity index is 1280. The second-order valence-corrected chi connectivity index (χ2v) is 8.81. The van der Waals surface area contributed by atoms with Gasteiger partial charge in [0.15, 0.2) is 0 Å². The number of nitrogens with zero attached hydrogens (tertiary/aromatic N) is 2. The van der Waals surface area contributed by atoms with Crippen LogP contribution in [0, 0.1) is 12.7 Å². The molecule has 4 aromatic rings. The highest BCUT2D eigenvalue weighted by Crippen LogP contribution is 2.39. The Morgan fingerprint density at radius 1 is 1.06 bits per heavy atom. The van der Waals surface area contributed by atoms with Crippen molar-refractivity contribution >= 4 is 44.7 Å². The third-order valence-corrected chi connectivity index (χ3v) is 6.81. The van der Waals surface area contributed by atoms with E-state index in [1.807, 2.05) is 25.1 Å². The molecule has 156 valence electrons. The summed E-state index contributed by atoms with van der Waals surface area (Å²) in [5.74, 6) is 0.144. The minimum absolute atomic E-state index is 0.286. The smallest absolute Gasteiger partial charge is 0.255 e. The van der Waals surface area contributed by atoms with Gasteiger partial charge in [-0.2, -0.15) is 0 Å². The van der Waals surface area contributed by atoms with Gasteiger partial charge in [0.25, 0.3) is 5.91 Å². The van der Waals surface area contributed by atoms with Gasteiger partial charge in [-0.3, -0.25) is 4.79 Å². The predicted molar refractivity (Wildman–Crippen MR) is 123 cm³/mol. The molecule has 0 fully saturated rings. The van der Waals surface area contributed by atoms with Crippen molar-refractivity contribution in [3.63, 3.8) is 0 Å². The van der Waals surface area contributed by atoms with Crippen LogP contribution in [0.15, 0.2) is 48.8 Å². The summed E-state index contributed by atoms with van der Waals surface area (Å²) >= 11 is 1.76. The lowest BCUT2D eigenvalue weighted by molar-refractivity contribution is 0.102. The number of benzene rings is 2. The van der Waals surface area contributed by atoms with E-state index in [0.29, 0.717) is 11.3 Å². The quantitative estimate of drug-likeness (QED) is 0.414. The lowest BCUT2D eigenvalue weighted by Gasteiger charge is -2.14. The van der Waals surface area contributed by atoms with Gasteiger partial charge in [-0.15, -0.1) is 11.3 Å². The summed E-state index contributed by atoms with van der Waals surface area (Å²) < 4.78 is 13.1. The average molecular weight is 433 g/mol. The van der Waals surface area contributed by atoms with E-state index in [-0.39, 0.29) is 11.7 Å². The number of anilines is 3. The molecule has 0 radical (unpaired) electrons. The van der Waals surface area contributed by atoms with Crippen LogP contribution < -0.4 is 10.6 Å². The van der Waals surface area contributed by atoms with Gasteiger partial charge < -0.3 is 10.6 Å². The summed E-state index contributed by atoms with van der Waals surface area (Å²) in [5.41, 5.74) is 4.33. The summed E-state index contributed by atoms with van der Waals surface area (Å²) in [5, 5.41) is 7.46. The van der Waals surface area contributed by atoms with E-state index in [2.05, 4.69) is 20.6 Å². The van der Waals surface area contributed by atoms with Gasteiger partial charge >= 0.3 is 0 Å². The lowest BCUT2D eigenvalue weighted by atomic mass is 9.97. The van der Waals surface area contributed by atoms with Crippen molar-refractivity contribution in [3.05, 3.63) is 76.2 Å². The van der Waals surface area contributed by atoms with Crippen molar-refractivity contribution in [3.8, 4) is 0 Å². The number of hydrogen-bond donors (Lipinski definition) is 2. The Balaban J connectivity index is 1.44. The van der Waals surface area contributed by atoms with Crippen molar-refractivity contribution < 1.29 is 9.18 Å². The van der Waals surface area contributed by atoms with Crippen LogP contribution in [0.3, 0.4) is 0 Å². The van der Waals surface area contributed by atoms with E-state index in [1.165, 1.54) is 47.5 Å². The number of rotatable bonds is 4. The molecule has 5 rings (SSSR count). The lowest BCUT2D eigenvalue weighted by Crippen LogP contribution is -2.12. The third kappa shape index (κ3) is 3.88. The number of carbonyl (C=O) groups excluding carboxylic acids is 1. The second-order valence-electron chi connectivity index (χ2n) is 7.73. The Morgan fingerprint density at radius 2 is 1.87 bits per heavy atom. The second kappa shape index (κ2) is 8.07. The van der Waals surface area contributed by atoms with Gasteiger partial charge in [0.05, 0.1) is 5.39 Å². The first-order valence-corrected chi connectivity index (χ1v) is 11.1. The Kier molecular flexibility index (Phi) is 5.11. The standard InChI is InChI=1S/C24H21FN4OS/c1-14-6-11-17(28-23(30)15-7-9-16(25)10-8-15)12-19(14)29-22-21-18-4-2-3-5-20(18)31-24(21)27-13-26-22/h6-13H,2-5H2,1H3,(H,28,30)(H,26,27,29). The molecule has 0 spiro atoms. The summed E-state index contributed by atoms with van der Waals surface area (Å²) in [6, 6.07) is 11.2. The van der Waals surface area contributed by atoms with Crippen LogP contribution in [0.4, 0.5) is 21.6 Å². The average Bonchev–Trinajstić information content (AvgIpc) is 3.16. The molecule has 1 amide bonds. The number of nitrogens with one attached hydrogen (secondary N) is 2. The topological polar surface area (TPSA) is 66.9 Å². The van der Waals surface area contributed by atoms with E-state index < -0.39 is 0 Å². The summed E-state index contributed by atoms with van der Waals surface area (Å²) in [7, 11) is 0. The highest BCUT2D eigenvalue weighted by atomic mass is 32.1. The zero-order valence-electron chi connectivity index (χ0n) is 17.0. The molecule has 2 N–H and O–H groups in total. The molecule has 0 saturated heterocycles. The first-order chi connectivity index (χ1) is 15.1. The van der Waals surface area contributed by atoms with Crippen molar-refractivity contribution in [2.75, 3.05) is 10.6 Å². The molecule has 2 aromatic carbocycles. The maximum Gasteiger partial charge on any atom is 0.255 e. The number of aromatic nitrogens is 2. The van der Waals surface area contributed by atoms with Gasteiger partial charge in [0, 0.05) is 21.8 Å². The number of carbonyl (C=O) groups is 1. The molecule has 0 atom stereocenters. The van der Waals surface area contributed by atoms with E-state index in [9.17, 15) is 9.18 Å². The fraction of sp³-hybridized carbons (Fsp3) is 0.208. The molecular weight excluding hydrogens is 411 g/mol. The molecule has 0 unspecified atom stereocenters. The number of aryl methyl sites for hydroxylation is 3. The van der Waals surface area contributed by atoms with Crippen LogP contribution in [0.2, 0.25) is 0 Å². The number of hydrogen-bond acceptors (Lipinski definition) is 5. The van der Waals surface area contributed by atoms with Crippen LogP contribution in [-0.2, 0) is 12.8 Å². The van der Waals surface area contributed by atoms with Crippen LogP contribution in [0.1, 0.15) is 39.2 Å². The maximum absolute atomic E-state index is 13.1. The summed E-state index contributed by atoms with van der Waals surface area (Å²) in [4.78, 5) is 24.0. The number of fused-ring (bicyclic) bond motifs is 3. The first kappa shape index (κ1) is 19.6. The molecule has 1 aliphatic rings. The zero-order chi connectivity index (χ0) is 21.4. The van der Waals surface area contributed by atoms with Gasteiger partial charge in [-0.1, -0.05) is 6.07 Å². The van der Waals surface area contributed by atoms with E-state index in [1.54, 1.807) is 17.7 Å². The molecule has 0 bridgehead atoms. The molecule has 7 heteroatoms. The largest absolute Gasteiger partial charge is 0.339 e. The van der Waals surface area contributed by atoms with Crippen molar-refractivity contribution in [1.82, 2.24) is 9.97 Å². The van der Waals surface area contributed by atoms with Gasteiger partial charge in [0.1, 0.15) is 22.8 Å². The molecule has 1 aliphatic carbocycles. The minimum atomic E-state index is -0.370. The van der Waals surface area contributed by atoms with Crippen LogP contribution in [0.25, 0.3) is 10.2 Å². The van der Waals surface area contributed by atoms with Crippen LogP contribution >= 0.6 is 11.3 Å². The fourth-order valence-electron chi connectivity index (χ4n) is 3.95. The number of thiophene rings is 1. The normalized spacial score (nSPS) is 13.1. The highest BCUT2D eigenvalue weighted by Gasteiger charge is 2.20. The molecule has 2 heterocycles. The van der Waals surface area contributed by atoms with Crippen LogP contribution in [0.5, 0.6) is 0 Å². The summed E-state index contributed by atoms with van der Waals surface area (Å²) in [6.45, 7) is 2.01. The van der Waals surface area contributed by atoms with Gasteiger partial charge in [-0.05, 0) is 80.1 Å². The molecule has 31 heavy (non-hydrogen) atoms. The van der Waals surface area contributed by atoms with Gasteiger partial charge in [0.2, 0.25) is 0 Å². The molecule has 0 aliphatic heterocycles. The third-order valence-electron chi connectivity index (χ3n) is 5.61. The minimum Gasteiger partial charge on any atom is -0.339 e. The van der Waals surface area contributed by atoms with E-state index >= 15 is 0 Å². The Hall–Kier alpha value is -3.32. The Morgan fingerprint density at radius 3 is 2.71 bits per heavy atom. The zero-order valence-corrected chi connectivity index (χ0v) is 17.9. The summed E-state index contributed by atoms with van der Waals surface area (Å²) in [6.07, 6.45) is 6.19. The maximum atomic E-state index is 13.1. The SMILES string of the molecule is Cc1ccc(NC(=O)c2ccc(F)cc2)cc1Nc1ncnc2sc3c(c12)CCCC3. The molecule has 0 saturated carbocycles. The highest BCUT2D eigenvalue weighted by molar-refractivity contribution is 7.19. The fourth-order valence-corrected chi connectivity index (χ4v) is 5.18. The number of amides is 1. The van der Waals surface area contributed by atoms with Crippen molar-refractivity contribution in [2.24, 2.45) is 0 Å². The number of halogens is 1. The van der Waals surface area contributed by atoms with Gasteiger partial charge in [-0.25, -0.2) is 14.4 Å². The monoisotopic (exact) mass is 432 g/mol. The molecule has 5 nitrogen and oxygen atoms in total. The van der Waals surface area contributed by atoms with Crippen molar-refractivity contribution in [2.45, 2.75) is 32.6 Å². The van der Waals surface area contributed by atoms with Crippen molar-refractivity contribution in [1.29, 1.82) is 0 Å².